The summed E-state index contributed by atoms with van der Waals surface area (Å²) in [5.74, 6) is 1.92. The van der Waals surface area contributed by atoms with E-state index in [4.69, 9.17) is 10.3 Å². The molecule has 0 radical (unpaired) electrons. The van der Waals surface area contributed by atoms with Crippen LogP contribution in [-0.2, 0) is 13.5 Å². The van der Waals surface area contributed by atoms with Crippen molar-refractivity contribution in [3.05, 3.63) is 18.4 Å². The van der Waals surface area contributed by atoms with Crippen LogP contribution in [0, 0.1) is 5.92 Å². The minimum Gasteiger partial charge on any atom is -0.339 e. The van der Waals surface area contributed by atoms with Gasteiger partial charge in [-0.2, -0.15) is 4.98 Å². The Morgan fingerprint density at radius 1 is 1.42 bits per heavy atom. The van der Waals surface area contributed by atoms with E-state index >= 15 is 0 Å². The molecule has 0 aliphatic heterocycles. The first-order chi connectivity index (χ1) is 9.24. The molecule has 1 atom stereocenters. The molecule has 104 valence electrons. The highest BCUT2D eigenvalue weighted by Gasteiger charge is 2.13. The standard InChI is InChI=1S/C13H21N5O/c1-3-10(6-7-14)4-5-12-16-13(17-19-12)11-8-15-9-18(11)2/h8-10H,3-7,14H2,1-2H3. The molecule has 0 aromatic carbocycles. The van der Waals surface area contributed by atoms with Gasteiger partial charge in [0, 0.05) is 13.5 Å². The average Bonchev–Trinajstić information content (AvgIpc) is 3.03. The van der Waals surface area contributed by atoms with E-state index in [0.29, 0.717) is 17.6 Å². The van der Waals surface area contributed by atoms with Gasteiger partial charge in [0.25, 0.3) is 0 Å². The van der Waals surface area contributed by atoms with E-state index < -0.39 is 0 Å². The van der Waals surface area contributed by atoms with Gasteiger partial charge in [0.1, 0.15) is 5.69 Å². The quantitative estimate of drug-likeness (QED) is 0.823. The SMILES string of the molecule is CCC(CCN)CCc1nc(-c2cncn2C)no1. The van der Waals surface area contributed by atoms with Crippen molar-refractivity contribution in [2.24, 2.45) is 18.7 Å². The topological polar surface area (TPSA) is 82.8 Å². The van der Waals surface area contributed by atoms with Crippen LogP contribution in [-0.4, -0.2) is 26.2 Å². The molecule has 1 unspecified atom stereocenters. The maximum absolute atomic E-state index is 5.60. The van der Waals surface area contributed by atoms with Crippen LogP contribution >= 0.6 is 0 Å². The van der Waals surface area contributed by atoms with Crippen molar-refractivity contribution < 1.29 is 4.52 Å². The highest BCUT2D eigenvalue weighted by atomic mass is 16.5. The Kier molecular flexibility index (Phi) is 4.68. The number of aryl methyl sites for hydroxylation is 2. The van der Waals surface area contributed by atoms with Gasteiger partial charge in [-0.05, 0) is 25.3 Å². The Balaban J connectivity index is 1.96. The number of rotatable bonds is 7. The third-order valence-electron chi connectivity index (χ3n) is 3.43. The largest absolute Gasteiger partial charge is 0.339 e. The monoisotopic (exact) mass is 263 g/mol. The van der Waals surface area contributed by atoms with E-state index in [2.05, 4.69) is 22.0 Å². The summed E-state index contributed by atoms with van der Waals surface area (Å²) in [4.78, 5) is 8.46. The Labute approximate surface area is 113 Å². The van der Waals surface area contributed by atoms with Gasteiger partial charge in [-0.25, -0.2) is 4.98 Å². The molecule has 6 nitrogen and oxygen atoms in total. The first-order valence-corrected chi connectivity index (χ1v) is 6.74. The van der Waals surface area contributed by atoms with Crippen LogP contribution < -0.4 is 5.73 Å². The molecule has 19 heavy (non-hydrogen) atoms. The second kappa shape index (κ2) is 6.47. The zero-order chi connectivity index (χ0) is 13.7. The molecule has 2 heterocycles. The number of nitrogens with two attached hydrogens (primary N) is 1. The highest BCUT2D eigenvalue weighted by molar-refractivity contribution is 5.46. The van der Waals surface area contributed by atoms with Crippen molar-refractivity contribution in [3.63, 3.8) is 0 Å². The lowest BCUT2D eigenvalue weighted by atomic mass is 9.97. The van der Waals surface area contributed by atoms with Gasteiger partial charge < -0.3 is 14.8 Å². The van der Waals surface area contributed by atoms with E-state index in [1.54, 1.807) is 12.5 Å². The second-order valence-electron chi connectivity index (χ2n) is 4.79. The van der Waals surface area contributed by atoms with Gasteiger partial charge in [-0.15, -0.1) is 0 Å². The van der Waals surface area contributed by atoms with Gasteiger partial charge in [-0.3, -0.25) is 0 Å². The van der Waals surface area contributed by atoms with Gasteiger partial charge in [0.2, 0.25) is 11.7 Å². The van der Waals surface area contributed by atoms with Crippen LogP contribution in [0.15, 0.2) is 17.0 Å². The first kappa shape index (κ1) is 13.7. The van der Waals surface area contributed by atoms with Crippen LogP contribution in [0.25, 0.3) is 11.5 Å². The van der Waals surface area contributed by atoms with Crippen molar-refractivity contribution >= 4 is 0 Å². The van der Waals surface area contributed by atoms with E-state index in [1.807, 2.05) is 11.6 Å². The molecule has 0 amide bonds. The molecule has 0 saturated carbocycles. The minimum atomic E-state index is 0.599. The molecule has 2 aromatic rings. The molecule has 6 heteroatoms. The summed E-state index contributed by atoms with van der Waals surface area (Å²) in [5.41, 5.74) is 6.46. The third kappa shape index (κ3) is 3.41. The number of hydrogen-bond acceptors (Lipinski definition) is 5. The Bertz CT molecular complexity index is 505. The van der Waals surface area contributed by atoms with Crippen molar-refractivity contribution in [1.82, 2.24) is 19.7 Å². The zero-order valence-corrected chi connectivity index (χ0v) is 11.5. The van der Waals surface area contributed by atoms with Crippen LogP contribution in [0.3, 0.4) is 0 Å². The molecule has 0 bridgehead atoms. The summed E-state index contributed by atoms with van der Waals surface area (Å²) in [5, 5.41) is 4.00. The lowest BCUT2D eigenvalue weighted by molar-refractivity contribution is 0.354. The maximum Gasteiger partial charge on any atom is 0.227 e. The summed E-state index contributed by atoms with van der Waals surface area (Å²) in [6.45, 7) is 2.93. The predicted octanol–water partition coefficient (Wildman–Crippen LogP) is 1.78. The Hall–Kier alpha value is -1.69. The van der Waals surface area contributed by atoms with E-state index in [-0.39, 0.29) is 0 Å². The molecular formula is C13H21N5O. The van der Waals surface area contributed by atoms with Crippen LogP contribution in [0.2, 0.25) is 0 Å². The van der Waals surface area contributed by atoms with Crippen molar-refractivity contribution in [3.8, 4) is 11.5 Å². The summed E-state index contributed by atoms with van der Waals surface area (Å²) < 4.78 is 7.16. The first-order valence-electron chi connectivity index (χ1n) is 6.74. The van der Waals surface area contributed by atoms with Crippen molar-refractivity contribution in [2.75, 3.05) is 6.54 Å². The minimum absolute atomic E-state index is 0.599. The molecule has 0 spiro atoms. The summed E-state index contributed by atoms with van der Waals surface area (Å²) in [6, 6.07) is 0. The van der Waals surface area contributed by atoms with Crippen molar-refractivity contribution in [2.45, 2.75) is 32.6 Å². The second-order valence-corrected chi connectivity index (χ2v) is 4.79. The van der Waals surface area contributed by atoms with Gasteiger partial charge in [-0.1, -0.05) is 18.5 Å². The molecule has 0 fully saturated rings. The number of hydrogen-bond donors (Lipinski definition) is 1. The summed E-state index contributed by atoms with van der Waals surface area (Å²) in [6.07, 6.45) is 7.50. The molecule has 2 N–H and O–H groups in total. The summed E-state index contributed by atoms with van der Waals surface area (Å²) >= 11 is 0. The number of imidazole rings is 1. The lowest BCUT2D eigenvalue weighted by Crippen LogP contribution is -2.09. The Morgan fingerprint density at radius 2 is 2.26 bits per heavy atom. The number of nitrogens with zero attached hydrogens (tertiary/aromatic N) is 4. The molecule has 2 rings (SSSR count). The fraction of sp³-hybridized carbons (Fsp3) is 0.615. The maximum atomic E-state index is 5.60. The normalized spacial score (nSPS) is 12.8. The Morgan fingerprint density at radius 3 is 2.89 bits per heavy atom. The molecule has 0 saturated heterocycles. The van der Waals surface area contributed by atoms with Gasteiger partial charge in [0.05, 0.1) is 12.5 Å². The van der Waals surface area contributed by atoms with Gasteiger partial charge >= 0.3 is 0 Å². The van der Waals surface area contributed by atoms with Crippen LogP contribution in [0.5, 0.6) is 0 Å². The van der Waals surface area contributed by atoms with E-state index in [1.165, 1.54) is 0 Å². The molecule has 0 aliphatic rings. The van der Waals surface area contributed by atoms with Gasteiger partial charge in [0.15, 0.2) is 0 Å². The average molecular weight is 263 g/mol. The van der Waals surface area contributed by atoms with E-state index in [0.717, 1.165) is 37.9 Å². The fourth-order valence-corrected chi connectivity index (χ4v) is 2.15. The molecule has 0 aliphatic carbocycles. The summed E-state index contributed by atoms with van der Waals surface area (Å²) in [7, 11) is 1.91. The number of aromatic nitrogens is 4. The highest BCUT2D eigenvalue weighted by Crippen LogP contribution is 2.18. The predicted molar refractivity (Wildman–Crippen MR) is 72.3 cm³/mol. The zero-order valence-electron chi connectivity index (χ0n) is 11.5. The molecular weight excluding hydrogens is 242 g/mol. The van der Waals surface area contributed by atoms with Crippen molar-refractivity contribution in [1.29, 1.82) is 0 Å². The third-order valence-corrected chi connectivity index (χ3v) is 3.43. The van der Waals surface area contributed by atoms with E-state index in [9.17, 15) is 0 Å². The van der Waals surface area contributed by atoms with Crippen LogP contribution in [0.1, 0.15) is 32.1 Å². The smallest absolute Gasteiger partial charge is 0.227 e. The molecule has 2 aromatic heterocycles. The fourth-order valence-electron chi connectivity index (χ4n) is 2.15. The van der Waals surface area contributed by atoms with Crippen LogP contribution in [0.4, 0.5) is 0 Å². The lowest BCUT2D eigenvalue weighted by Gasteiger charge is -2.11.